The first-order valence-electron chi connectivity index (χ1n) is 6.72. The molecule has 21 heavy (non-hydrogen) atoms. The van der Waals surface area contributed by atoms with Crippen LogP contribution < -0.4 is 4.90 Å². The summed E-state index contributed by atoms with van der Waals surface area (Å²) in [5, 5.41) is 0.484. The van der Waals surface area contributed by atoms with E-state index in [1.807, 2.05) is 12.1 Å². The molecule has 0 N–H and O–H groups in total. The third-order valence-corrected chi connectivity index (χ3v) is 3.70. The number of Topliss-reactive ketones (excluding diaryl/α,β-unsaturated/α-hetero) is 1. The van der Waals surface area contributed by atoms with Crippen LogP contribution >= 0.6 is 11.6 Å². The molecule has 0 saturated carbocycles. The van der Waals surface area contributed by atoms with Crippen molar-refractivity contribution in [3.8, 4) is 0 Å². The molecule has 2 heterocycles. The predicted molar refractivity (Wildman–Crippen MR) is 80.9 cm³/mol. The molecule has 0 saturated heterocycles. The molecular weight excluding hydrogens is 288 g/mol. The van der Waals surface area contributed by atoms with E-state index < -0.39 is 0 Å². The number of amides is 1. The molecule has 5 heteroatoms. The molecule has 0 radical (unpaired) electrons. The highest BCUT2D eigenvalue weighted by Gasteiger charge is 2.26. The summed E-state index contributed by atoms with van der Waals surface area (Å²) < 4.78 is 0. The minimum absolute atomic E-state index is 0.0740. The molecule has 3 rings (SSSR count). The van der Waals surface area contributed by atoms with Crippen molar-refractivity contribution in [3.63, 3.8) is 0 Å². The second-order valence-corrected chi connectivity index (χ2v) is 5.30. The third-order valence-electron chi connectivity index (χ3n) is 3.47. The topological polar surface area (TPSA) is 50.3 Å². The molecule has 4 nitrogen and oxygen atoms in total. The maximum absolute atomic E-state index is 12.6. The third kappa shape index (κ3) is 2.67. The predicted octanol–water partition coefficient (Wildman–Crippen LogP) is 3.36. The molecule has 0 unspecified atom stereocenters. The van der Waals surface area contributed by atoms with Crippen molar-refractivity contribution in [2.45, 2.75) is 12.8 Å². The zero-order valence-electron chi connectivity index (χ0n) is 11.3. The van der Waals surface area contributed by atoms with E-state index in [2.05, 4.69) is 4.98 Å². The maximum Gasteiger partial charge on any atom is 0.276 e. The number of rotatable bonds is 1. The Morgan fingerprint density at radius 2 is 2.00 bits per heavy atom. The van der Waals surface area contributed by atoms with Gasteiger partial charge in [-0.15, -0.1) is 0 Å². The van der Waals surface area contributed by atoms with Gasteiger partial charge < -0.3 is 4.90 Å². The van der Waals surface area contributed by atoms with E-state index in [1.54, 1.807) is 29.2 Å². The number of carbonyl (C=O) groups is 2. The van der Waals surface area contributed by atoms with E-state index in [9.17, 15) is 9.59 Å². The van der Waals surface area contributed by atoms with Crippen LogP contribution in [0.3, 0.4) is 0 Å². The number of fused-ring (bicyclic) bond motifs is 1. The van der Waals surface area contributed by atoms with Gasteiger partial charge in [0.15, 0.2) is 5.78 Å². The number of carbonyl (C=O) groups excluding carboxylic acids is 2. The van der Waals surface area contributed by atoms with Crippen molar-refractivity contribution in [1.82, 2.24) is 4.98 Å². The number of nitrogens with zero attached hydrogens (tertiary/aromatic N) is 2. The van der Waals surface area contributed by atoms with Crippen molar-refractivity contribution < 1.29 is 9.59 Å². The van der Waals surface area contributed by atoms with Gasteiger partial charge in [-0.3, -0.25) is 9.59 Å². The van der Waals surface area contributed by atoms with Crippen LogP contribution in [0, 0.1) is 0 Å². The SMILES string of the molecule is O=C1CCCN(C(=O)c2ccc(Cl)cn2)c2ccccc21. The Labute approximate surface area is 127 Å². The molecular formula is C16H13ClN2O2. The smallest absolute Gasteiger partial charge is 0.276 e. The first-order chi connectivity index (χ1) is 10.2. The van der Waals surface area contributed by atoms with Gasteiger partial charge >= 0.3 is 0 Å². The molecule has 1 aliphatic rings. The summed E-state index contributed by atoms with van der Waals surface area (Å²) in [5.41, 5.74) is 1.57. The Bertz CT molecular complexity index is 698. The van der Waals surface area contributed by atoms with Gasteiger partial charge in [0.25, 0.3) is 5.91 Å². The molecule has 1 aromatic carbocycles. The van der Waals surface area contributed by atoms with Crippen molar-refractivity contribution in [2.24, 2.45) is 0 Å². The number of para-hydroxylation sites is 1. The van der Waals surface area contributed by atoms with Crippen LogP contribution in [0.5, 0.6) is 0 Å². The van der Waals surface area contributed by atoms with Gasteiger partial charge in [-0.1, -0.05) is 23.7 Å². The Morgan fingerprint density at radius 1 is 1.19 bits per heavy atom. The van der Waals surface area contributed by atoms with Gasteiger partial charge in [-0.25, -0.2) is 4.98 Å². The Kier molecular flexibility index (Phi) is 3.71. The summed E-state index contributed by atoms with van der Waals surface area (Å²) in [7, 11) is 0. The highest BCUT2D eigenvalue weighted by Crippen LogP contribution is 2.27. The number of aromatic nitrogens is 1. The molecule has 1 aliphatic heterocycles. The maximum atomic E-state index is 12.6. The van der Waals surface area contributed by atoms with Crippen LogP contribution in [0.1, 0.15) is 33.7 Å². The molecule has 0 aliphatic carbocycles. The second-order valence-electron chi connectivity index (χ2n) is 4.86. The molecule has 0 spiro atoms. The first-order valence-corrected chi connectivity index (χ1v) is 7.10. The average molecular weight is 301 g/mol. The van der Waals surface area contributed by atoms with Crippen molar-refractivity contribution >= 4 is 29.0 Å². The largest absolute Gasteiger partial charge is 0.306 e. The van der Waals surface area contributed by atoms with E-state index in [4.69, 9.17) is 11.6 Å². The van der Waals surface area contributed by atoms with E-state index in [1.165, 1.54) is 6.20 Å². The minimum Gasteiger partial charge on any atom is -0.306 e. The quantitative estimate of drug-likeness (QED) is 0.811. The van der Waals surface area contributed by atoms with E-state index in [-0.39, 0.29) is 11.7 Å². The normalized spacial score (nSPS) is 14.5. The lowest BCUT2D eigenvalue weighted by Crippen LogP contribution is -2.32. The van der Waals surface area contributed by atoms with E-state index in [0.29, 0.717) is 41.4 Å². The fourth-order valence-corrected chi connectivity index (χ4v) is 2.56. The lowest BCUT2D eigenvalue weighted by atomic mass is 10.1. The van der Waals surface area contributed by atoms with Gasteiger partial charge in [0.2, 0.25) is 0 Å². The lowest BCUT2D eigenvalue weighted by Gasteiger charge is -2.22. The lowest BCUT2D eigenvalue weighted by molar-refractivity contribution is 0.0971. The van der Waals surface area contributed by atoms with Crippen LogP contribution in [0.15, 0.2) is 42.6 Å². The zero-order valence-corrected chi connectivity index (χ0v) is 12.0. The molecule has 0 atom stereocenters. The zero-order chi connectivity index (χ0) is 14.8. The summed E-state index contributed by atoms with van der Waals surface area (Å²) in [4.78, 5) is 30.4. The molecule has 0 bridgehead atoms. The van der Waals surface area contributed by atoms with Crippen molar-refractivity contribution in [3.05, 3.63) is 58.9 Å². The first kappa shape index (κ1) is 13.8. The summed E-state index contributed by atoms with van der Waals surface area (Å²) in [6.45, 7) is 0.506. The molecule has 1 amide bonds. The summed E-state index contributed by atoms with van der Waals surface area (Å²) in [5.74, 6) is -0.140. The van der Waals surface area contributed by atoms with Gasteiger partial charge in [-0.05, 0) is 30.7 Å². The Balaban J connectivity index is 2.01. The van der Waals surface area contributed by atoms with Crippen molar-refractivity contribution in [1.29, 1.82) is 0 Å². The Morgan fingerprint density at radius 3 is 2.76 bits per heavy atom. The highest BCUT2D eigenvalue weighted by molar-refractivity contribution is 6.30. The van der Waals surface area contributed by atoms with Gasteiger partial charge in [0, 0.05) is 24.7 Å². The molecule has 106 valence electrons. The summed E-state index contributed by atoms with van der Waals surface area (Å²) >= 11 is 5.80. The summed E-state index contributed by atoms with van der Waals surface area (Å²) in [6, 6.07) is 10.4. The second kappa shape index (κ2) is 5.66. The van der Waals surface area contributed by atoms with Gasteiger partial charge in [0.1, 0.15) is 5.69 Å². The number of anilines is 1. The average Bonchev–Trinajstić information content (AvgIpc) is 2.67. The number of hydrogen-bond donors (Lipinski definition) is 0. The fourth-order valence-electron chi connectivity index (χ4n) is 2.45. The van der Waals surface area contributed by atoms with Crippen LogP contribution in [0.25, 0.3) is 0 Å². The number of hydrogen-bond acceptors (Lipinski definition) is 3. The fraction of sp³-hybridized carbons (Fsp3) is 0.188. The van der Waals surface area contributed by atoms with Crippen molar-refractivity contribution in [2.75, 3.05) is 11.4 Å². The molecule has 1 aromatic heterocycles. The Hall–Kier alpha value is -2.20. The van der Waals surface area contributed by atoms with Gasteiger partial charge in [0.05, 0.1) is 10.7 Å². The standard InChI is InChI=1S/C16H13ClN2O2/c17-11-7-8-13(18-10-11)16(21)19-9-3-6-15(20)12-4-1-2-5-14(12)19/h1-2,4-5,7-8,10H,3,6,9H2. The monoisotopic (exact) mass is 300 g/mol. The van der Waals surface area contributed by atoms with Gasteiger partial charge in [-0.2, -0.15) is 0 Å². The summed E-state index contributed by atoms with van der Waals surface area (Å²) in [6.07, 6.45) is 2.55. The number of benzene rings is 1. The van der Waals surface area contributed by atoms with Crippen LogP contribution in [-0.2, 0) is 0 Å². The van der Waals surface area contributed by atoms with E-state index in [0.717, 1.165) is 0 Å². The molecule has 0 fully saturated rings. The van der Waals surface area contributed by atoms with Crippen LogP contribution in [0.2, 0.25) is 5.02 Å². The molecule has 2 aromatic rings. The number of halogens is 1. The van der Waals surface area contributed by atoms with E-state index >= 15 is 0 Å². The number of ketones is 1. The van der Waals surface area contributed by atoms with Crippen LogP contribution in [0.4, 0.5) is 5.69 Å². The minimum atomic E-state index is -0.214. The highest BCUT2D eigenvalue weighted by atomic mass is 35.5. The number of pyridine rings is 1. The van der Waals surface area contributed by atoms with Crippen LogP contribution in [-0.4, -0.2) is 23.2 Å².